The zero-order valence-corrected chi connectivity index (χ0v) is 12.9. The van der Waals surface area contributed by atoms with E-state index >= 15 is 0 Å². The molecule has 0 N–H and O–H groups in total. The summed E-state index contributed by atoms with van der Waals surface area (Å²) in [5.74, 6) is 1.52. The molecule has 0 bridgehead atoms. The first-order valence-corrected chi connectivity index (χ1v) is 8.08. The fourth-order valence-electron chi connectivity index (χ4n) is 3.42. The minimum Gasteiger partial charge on any atom is -0.342 e. The highest BCUT2D eigenvalue weighted by Gasteiger charge is 2.30. The Hall–Kier alpha value is -1.43. The van der Waals surface area contributed by atoms with E-state index < -0.39 is 0 Å². The molecule has 2 fully saturated rings. The number of rotatable bonds is 3. The van der Waals surface area contributed by atoms with E-state index in [4.69, 9.17) is 0 Å². The van der Waals surface area contributed by atoms with Gasteiger partial charge in [-0.2, -0.15) is 0 Å². The number of carbonyl (C=O) groups excluding carboxylic acids is 1. The number of hydrogen-bond acceptors (Lipinski definition) is 4. The van der Waals surface area contributed by atoms with Crippen LogP contribution in [-0.4, -0.2) is 56.7 Å². The van der Waals surface area contributed by atoms with Gasteiger partial charge in [0.25, 0.3) is 0 Å². The van der Waals surface area contributed by atoms with Crippen LogP contribution in [0.25, 0.3) is 0 Å². The van der Waals surface area contributed by atoms with Crippen molar-refractivity contribution >= 4 is 5.91 Å². The van der Waals surface area contributed by atoms with E-state index in [9.17, 15) is 4.79 Å². The molecule has 0 spiro atoms. The normalized spacial score (nSPS) is 24.2. The van der Waals surface area contributed by atoms with Gasteiger partial charge in [-0.05, 0) is 38.6 Å². The van der Waals surface area contributed by atoms with E-state index in [1.54, 1.807) is 6.33 Å². The molecule has 0 saturated carbocycles. The number of hydrogen-bond donors (Lipinski definition) is 0. The molecule has 2 saturated heterocycles. The summed E-state index contributed by atoms with van der Waals surface area (Å²) in [5.41, 5.74) is 0. The van der Waals surface area contributed by atoms with Crippen LogP contribution in [0.15, 0.2) is 6.33 Å². The van der Waals surface area contributed by atoms with Crippen LogP contribution in [0.1, 0.15) is 37.9 Å². The van der Waals surface area contributed by atoms with Crippen molar-refractivity contribution in [3.8, 4) is 0 Å². The Balaban J connectivity index is 1.57. The Morgan fingerprint density at radius 2 is 2.05 bits per heavy atom. The van der Waals surface area contributed by atoms with Gasteiger partial charge in [-0.3, -0.25) is 9.69 Å². The molecule has 1 aromatic heterocycles. The molecule has 21 heavy (non-hydrogen) atoms. The highest BCUT2D eigenvalue weighted by atomic mass is 16.2. The lowest BCUT2D eigenvalue weighted by molar-refractivity contribution is -0.138. The summed E-state index contributed by atoms with van der Waals surface area (Å²) in [6.45, 7) is 4.62. The highest BCUT2D eigenvalue weighted by molar-refractivity contribution is 5.79. The third kappa shape index (κ3) is 3.43. The minimum atomic E-state index is 0.171. The van der Waals surface area contributed by atoms with E-state index in [-0.39, 0.29) is 5.92 Å². The molecule has 2 aliphatic heterocycles. The fraction of sp³-hybridized carbons (Fsp3) is 0.800. The van der Waals surface area contributed by atoms with Crippen LogP contribution in [0.4, 0.5) is 0 Å². The zero-order valence-electron chi connectivity index (χ0n) is 12.9. The number of aromatic nitrogens is 3. The molecule has 1 amide bonds. The third-order valence-corrected chi connectivity index (χ3v) is 4.69. The highest BCUT2D eigenvalue weighted by Crippen LogP contribution is 2.22. The van der Waals surface area contributed by atoms with Crippen molar-refractivity contribution in [3.63, 3.8) is 0 Å². The maximum atomic E-state index is 12.6. The first kappa shape index (κ1) is 14.5. The third-order valence-electron chi connectivity index (χ3n) is 4.69. The van der Waals surface area contributed by atoms with Gasteiger partial charge in [0.15, 0.2) is 0 Å². The van der Waals surface area contributed by atoms with Crippen LogP contribution < -0.4 is 0 Å². The van der Waals surface area contributed by atoms with Gasteiger partial charge in [0.2, 0.25) is 5.91 Å². The summed E-state index contributed by atoms with van der Waals surface area (Å²) >= 11 is 0. The van der Waals surface area contributed by atoms with Crippen LogP contribution in [0.2, 0.25) is 0 Å². The molecule has 6 nitrogen and oxygen atoms in total. The lowest BCUT2D eigenvalue weighted by atomic mass is 9.95. The summed E-state index contributed by atoms with van der Waals surface area (Å²) in [6, 6.07) is 0. The summed E-state index contributed by atoms with van der Waals surface area (Å²) in [4.78, 5) is 17.1. The first-order chi connectivity index (χ1) is 10.2. The fourth-order valence-corrected chi connectivity index (χ4v) is 3.42. The Kier molecular flexibility index (Phi) is 4.53. The van der Waals surface area contributed by atoms with Crippen molar-refractivity contribution in [1.82, 2.24) is 24.6 Å². The van der Waals surface area contributed by atoms with E-state index in [2.05, 4.69) is 20.0 Å². The quantitative estimate of drug-likeness (QED) is 0.835. The van der Waals surface area contributed by atoms with Crippen LogP contribution in [0.3, 0.4) is 0 Å². The van der Waals surface area contributed by atoms with Gasteiger partial charge in [0.1, 0.15) is 12.2 Å². The molecule has 6 heteroatoms. The van der Waals surface area contributed by atoms with E-state index in [1.165, 1.54) is 19.3 Å². The Bertz CT molecular complexity index is 480. The van der Waals surface area contributed by atoms with Crippen molar-refractivity contribution in [3.05, 3.63) is 12.2 Å². The number of piperidine rings is 2. The SMILES string of the molecule is Cn1cnnc1CN1CCCC(C(=O)N2CCCCC2)C1. The summed E-state index contributed by atoms with van der Waals surface area (Å²) in [6.07, 6.45) is 7.47. The summed E-state index contributed by atoms with van der Waals surface area (Å²) < 4.78 is 1.95. The molecule has 3 heterocycles. The Labute approximate surface area is 126 Å². The number of aryl methyl sites for hydroxylation is 1. The molecule has 1 unspecified atom stereocenters. The van der Waals surface area contributed by atoms with E-state index in [1.807, 2.05) is 11.6 Å². The lowest BCUT2D eigenvalue weighted by Gasteiger charge is -2.36. The van der Waals surface area contributed by atoms with Crippen LogP contribution in [0, 0.1) is 5.92 Å². The topological polar surface area (TPSA) is 54.3 Å². The number of amides is 1. The van der Waals surface area contributed by atoms with E-state index in [0.717, 1.165) is 51.4 Å². The molecular weight excluding hydrogens is 266 g/mol. The molecule has 0 aliphatic carbocycles. The van der Waals surface area contributed by atoms with Crippen LogP contribution in [0.5, 0.6) is 0 Å². The molecule has 2 aliphatic rings. The maximum Gasteiger partial charge on any atom is 0.226 e. The lowest BCUT2D eigenvalue weighted by Crippen LogP contribution is -2.46. The van der Waals surface area contributed by atoms with Crippen molar-refractivity contribution < 1.29 is 4.79 Å². The van der Waals surface area contributed by atoms with Gasteiger partial charge in [-0.15, -0.1) is 10.2 Å². The first-order valence-electron chi connectivity index (χ1n) is 8.08. The van der Waals surface area contributed by atoms with Crippen molar-refractivity contribution in [2.45, 2.75) is 38.6 Å². The van der Waals surface area contributed by atoms with Gasteiger partial charge in [-0.25, -0.2) is 0 Å². The zero-order chi connectivity index (χ0) is 14.7. The largest absolute Gasteiger partial charge is 0.342 e. The van der Waals surface area contributed by atoms with Crippen LogP contribution in [-0.2, 0) is 18.4 Å². The second-order valence-corrected chi connectivity index (χ2v) is 6.32. The molecule has 0 aromatic carbocycles. The maximum absolute atomic E-state index is 12.6. The average Bonchev–Trinajstić information content (AvgIpc) is 2.93. The average molecular weight is 291 g/mol. The number of nitrogens with zero attached hydrogens (tertiary/aromatic N) is 5. The second kappa shape index (κ2) is 6.56. The van der Waals surface area contributed by atoms with Gasteiger partial charge in [0.05, 0.1) is 12.5 Å². The molecule has 1 atom stereocenters. The molecule has 3 rings (SSSR count). The van der Waals surface area contributed by atoms with Gasteiger partial charge in [0, 0.05) is 26.7 Å². The molecular formula is C15H25N5O. The molecule has 116 valence electrons. The smallest absolute Gasteiger partial charge is 0.226 e. The second-order valence-electron chi connectivity index (χ2n) is 6.32. The number of likely N-dealkylation sites (tertiary alicyclic amines) is 2. The van der Waals surface area contributed by atoms with Crippen molar-refractivity contribution in [2.75, 3.05) is 26.2 Å². The predicted molar refractivity (Wildman–Crippen MR) is 79.4 cm³/mol. The molecule has 1 aromatic rings. The van der Waals surface area contributed by atoms with Gasteiger partial charge in [-0.1, -0.05) is 0 Å². The number of carbonyl (C=O) groups is 1. The Morgan fingerprint density at radius 1 is 1.24 bits per heavy atom. The van der Waals surface area contributed by atoms with Gasteiger partial charge < -0.3 is 9.47 Å². The summed E-state index contributed by atoms with van der Waals surface area (Å²) in [7, 11) is 1.97. The monoisotopic (exact) mass is 291 g/mol. The van der Waals surface area contributed by atoms with Gasteiger partial charge >= 0.3 is 0 Å². The van der Waals surface area contributed by atoms with Crippen molar-refractivity contribution in [2.24, 2.45) is 13.0 Å². The summed E-state index contributed by atoms with van der Waals surface area (Å²) in [5, 5.41) is 8.07. The standard InChI is InChI=1S/C15H25N5O/c1-18-12-16-17-14(18)11-19-7-5-6-13(10-19)15(21)20-8-3-2-4-9-20/h12-13H,2-11H2,1H3. The van der Waals surface area contributed by atoms with Crippen LogP contribution >= 0.6 is 0 Å². The minimum absolute atomic E-state index is 0.171. The van der Waals surface area contributed by atoms with E-state index in [0.29, 0.717) is 5.91 Å². The Morgan fingerprint density at radius 3 is 2.76 bits per heavy atom. The molecule has 0 radical (unpaired) electrons. The van der Waals surface area contributed by atoms with Crippen molar-refractivity contribution in [1.29, 1.82) is 0 Å². The predicted octanol–water partition coefficient (Wildman–Crippen LogP) is 1.04.